The molecule has 0 spiro atoms. The van der Waals surface area contributed by atoms with Gasteiger partial charge in [0.1, 0.15) is 5.82 Å². The Hall–Kier alpha value is -2.30. The summed E-state index contributed by atoms with van der Waals surface area (Å²) in [5.41, 5.74) is 1.36. The lowest BCUT2D eigenvalue weighted by Gasteiger charge is -2.20. The van der Waals surface area contributed by atoms with Crippen molar-refractivity contribution < 1.29 is 4.79 Å². The molecule has 2 aromatic rings. The molecule has 2 heterocycles. The van der Waals surface area contributed by atoms with Gasteiger partial charge in [0.05, 0.1) is 0 Å². The van der Waals surface area contributed by atoms with Gasteiger partial charge >= 0.3 is 6.03 Å². The number of hydrogen-bond donors (Lipinski definition) is 1. The van der Waals surface area contributed by atoms with Crippen LogP contribution in [0, 0.1) is 18.8 Å². The molecule has 1 aromatic heterocycles. The van der Waals surface area contributed by atoms with Crippen LogP contribution in [0.25, 0.3) is 0 Å². The van der Waals surface area contributed by atoms with Gasteiger partial charge in [-0.15, -0.1) is 0 Å². The molecule has 2 amide bonds. The van der Waals surface area contributed by atoms with E-state index in [2.05, 4.69) is 46.1 Å². The van der Waals surface area contributed by atoms with E-state index in [4.69, 9.17) is 0 Å². The molecule has 5 heteroatoms. The van der Waals surface area contributed by atoms with Crippen LogP contribution in [0.15, 0.2) is 42.7 Å². The number of hydrogen-bond acceptors (Lipinski definition) is 2. The van der Waals surface area contributed by atoms with Crippen molar-refractivity contribution in [2.75, 3.05) is 19.6 Å². The van der Waals surface area contributed by atoms with Gasteiger partial charge in [0.25, 0.3) is 0 Å². The minimum atomic E-state index is 0.0739. The van der Waals surface area contributed by atoms with Crippen molar-refractivity contribution in [3.8, 4) is 0 Å². The summed E-state index contributed by atoms with van der Waals surface area (Å²) in [6.45, 7) is 7.44. The molecular weight excluding hydrogens is 312 g/mol. The van der Waals surface area contributed by atoms with Crippen molar-refractivity contribution in [2.45, 2.75) is 33.2 Å². The second kappa shape index (κ2) is 8.19. The average molecular weight is 340 g/mol. The van der Waals surface area contributed by atoms with E-state index in [1.54, 1.807) is 0 Å². The Kier molecular flexibility index (Phi) is 5.74. The second-order valence-electron chi connectivity index (χ2n) is 7.21. The third-order valence-corrected chi connectivity index (χ3v) is 4.97. The van der Waals surface area contributed by atoms with E-state index in [-0.39, 0.29) is 6.03 Å². The molecule has 1 aliphatic heterocycles. The van der Waals surface area contributed by atoms with Crippen LogP contribution in [0.2, 0.25) is 0 Å². The van der Waals surface area contributed by atoms with E-state index in [1.807, 2.05) is 30.3 Å². The summed E-state index contributed by atoms with van der Waals surface area (Å²) < 4.78 is 2.13. The van der Waals surface area contributed by atoms with Crippen LogP contribution in [0.5, 0.6) is 0 Å². The number of nitrogens with zero attached hydrogens (tertiary/aromatic N) is 3. The smallest absolute Gasteiger partial charge is 0.317 e. The number of likely N-dealkylation sites (tertiary alicyclic amines) is 1. The minimum absolute atomic E-state index is 0.0739. The molecule has 5 nitrogen and oxygen atoms in total. The third kappa shape index (κ3) is 4.84. The lowest BCUT2D eigenvalue weighted by Crippen LogP contribution is -2.40. The van der Waals surface area contributed by atoms with Gasteiger partial charge in [-0.3, -0.25) is 0 Å². The molecular formula is C20H28N4O. The molecule has 1 aliphatic rings. The number of urea groups is 1. The Labute approximate surface area is 150 Å². The Morgan fingerprint density at radius 2 is 2.16 bits per heavy atom. The minimum Gasteiger partial charge on any atom is -0.338 e. The Morgan fingerprint density at radius 1 is 1.36 bits per heavy atom. The number of nitrogens with one attached hydrogen (secondary N) is 1. The van der Waals surface area contributed by atoms with Gasteiger partial charge in [0, 0.05) is 38.6 Å². The van der Waals surface area contributed by atoms with Crippen LogP contribution >= 0.6 is 0 Å². The SMILES string of the molecule is Cc1nccn1C[C@@H](C)CNC(=O)N1CC[C@H](Cc2ccccc2)C1. The highest BCUT2D eigenvalue weighted by Crippen LogP contribution is 2.20. The zero-order valence-electron chi connectivity index (χ0n) is 15.2. The Bertz CT molecular complexity index is 682. The summed E-state index contributed by atoms with van der Waals surface area (Å²) in [5, 5.41) is 3.09. The topological polar surface area (TPSA) is 50.2 Å². The maximum Gasteiger partial charge on any atom is 0.317 e. The van der Waals surface area contributed by atoms with Crippen LogP contribution in [0.3, 0.4) is 0 Å². The van der Waals surface area contributed by atoms with E-state index < -0.39 is 0 Å². The van der Waals surface area contributed by atoms with Crippen LogP contribution in [0.1, 0.15) is 24.7 Å². The number of carbonyl (C=O) groups is 1. The zero-order valence-corrected chi connectivity index (χ0v) is 15.2. The van der Waals surface area contributed by atoms with E-state index in [1.165, 1.54) is 5.56 Å². The zero-order chi connectivity index (χ0) is 17.6. The molecule has 134 valence electrons. The molecule has 0 saturated carbocycles. The highest BCUT2D eigenvalue weighted by molar-refractivity contribution is 5.74. The fourth-order valence-electron chi connectivity index (χ4n) is 3.50. The van der Waals surface area contributed by atoms with E-state index in [0.717, 1.165) is 38.3 Å². The molecule has 0 aliphatic carbocycles. The first-order valence-electron chi connectivity index (χ1n) is 9.16. The molecule has 0 unspecified atom stereocenters. The predicted molar refractivity (Wildman–Crippen MR) is 99.4 cm³/mol. The third-order valence-electron chi connectivity index (χ3n) is 4.97. The van der Waals surface area contributed by atoms with Crippen LogP contribution < -0.4 is 5.32 Å². The first-order chi connectivity index (χ1) is 12.1. The molecule has 2 atom stereocenters. The van der Waals surface area contributed by atoms with Crippen molar-refractivity contribution in [3.63, 3.8) is 0 Å². The average Bonchev–Trinajstić information content (AvgIpc) is 3.23. The predicted octanol–water partition coefficient (Wildman–Crippen LogP) is 3.10. The van der Waals surface area contributed by atoms with Gasteiger partial charge < -0.3 is 14.8 Å². The number of benzene rings is 1. The van der Waals surface area contributed by atoms with Crippen LogP contribution in [0.4, 0.5) is 4.79 Å². The highest BCUT2D eigenvalue weighted by Gasteiger charge is 2.26. The largest absolute Gasteiger partial charge is 0.338 e. The molecule has 0 radical (unpaired) electrons. The van der Waals surface area contributed by atoms with E-state index in [9.17, 15) is 4.79 Å². The number of amides is 2. The van der Waals surface area contributed by atoms with Crippen LogP contribution in [-0.4, -0.2) is 40.1 Å². The molecule has 0 bridgehead atoms. The maximum absolute atomic E-state index is 12.4. The van der Waals surface area contributed by atoms with Crippen molar-refractivity contribution >= 4 is 6.03 Å². The van der Waals surface area contributed by atoms with E-state index in [0.29, 0.717) is 18.4 Å². The molecule has 25 heavy (non-hydrogen) atoms. The fourth-order valence-corrected chi connectivity index (χ4v) is 3.50. The van der Waals surface area contributed by atoms with Crippen molar-refractivity contribution in [1.29, 1.82) is 0 Å². The van der Waals surface area contributed by atoms with Gasteiger partial charge in [0.15, 0.2) is 0 Å². The van der Waals surface area contributed by atoms with Gasteiger partial charge in [0.2, 0.25) is 0 Å². The van der Waals surface area contributed by atoms with Crippen molar-refractivity contribution in [3.05, 3.63) is 54.1 Å². The quantitative estimate of drug-likeness (QED) is 0.878. The summed E-state index contributed by atoms with van der Waals surface area (Å²) in [4.78, 5) is 18.6. The summed E-state index contributed by atoms with van der Waals surface area (Å²) in [5.74, 6) is 1.96. The lowest BCUT2D eigenvalue weighted by atomic mass is 9.99. The second-order valence-corrected chi connectivity index (χ2v) is 7.21. The van der Waals surface area contributed by atoms with Gasteiger partial charge in [-0.1, -0.05) is 37.3 Å². The number of rotatable bonds is 6. The van der Waals surface area contributed by atoms with Crippen molar-refractivity contribution in [2.24, 2.45) is 11.8 Å². The van der Waals surface area contributed by atoms with E-state index >= 15 is 0 Å². The summed E-state index contributed by atoms with van der Waals surface area (Å²) in [7, 11) is 0. The summed E-state index contributed by atoms with van der Waals surface area (Å²) in [6, 6.07) is 10.6. The summed E-state index contributed by atoms with van der Waals surface area (Å²) in [6.07, 6.45) is 5.95. The van der Waals surface area contributed by atoms with Gasteiger partial charge in [-0.2, -0.15) is 0 Å². The Morgan fingerprint density at radius 3 is 2.88 bits per heavy atom. The first-order valence-corrected chi connectivity index (χ1v) is 9.16. The Balaban J connectivity index is 1.41. The first kappa shape index (κ1) is 17.5. The normalized spacial score (nSPS) is 18.3. The van der Waals surface area contributed by atoms with Crippen LogP contribution in [-0.2, 0) is 13.0 Å². The molecule has 3 rings (SSSR count). The molecule has 1 N–H and O–H groups in total. The molecule has 1 saturated heterocycles. The summed E-state index contributed by atoms with van der Waals surface area (Å²) >= 11 is 0. The number of aromatic nitrogens is 2. The molecule has 1 aromatic carbocycles. The monoisotopic (exact) mass is 340 g/mol. The number of imidazole rings is 1. The van der Waals surface area contributed by atoms with Crippen molar-refractivity contribution in [1.82, 2.24) is 19.8 Å². The van der Waals surface area contributed by atoms with Gasteiger partial charge in [-0.05, 0) is 37.2 Å². The maximum atomic E-state index is 12.4. The standard InChI is InChI=1S/C20H28N4O/c1-16(14-23-11-9-21-17(23)2)13-22-20(25)24-10-8-19(15-24)12-18-6-4-3-5-7-18/h3-7,9,11,16,19H,8,10,12-15H2,1-2H3,(H,22,25)/t16-,19+/m0/s1. The fraction of sp³-hybridized carbons (Fsp3) is 0.500. The highest BCUT2D eigenvalue weighted by atomic mass is 16.2. The van der Waals surface area contributed by atoms with Gasteiger partial charge in [-0.25, -0.2) is 9.78 Å². The number of carbonyl (C=O) groups excluding carboxylic acids is 1. The molecule has 1 fully saturated rings. The lowest BCUT2D eigenvalue weighted by molar-refractivity contribution is 0.204. The number of aryl methyl sites for hydroxylation is 1.